The summed E-state index contributed by atoms with van der Waals surface area (Å²) in [7, 11) is 3.13. The number of rotatable bonds is 4. The van der Waals surface area contributed by atoms with E-state index in [2.05, 4.69) is 0 Å². The summed E-state index contributed by atoms with van der Waals surface area (Å²) in [4.78, 5) is 28.7. The second-order valence-electron chi connectivity index (χ2n) is 6.64. The van der Waals surface area contributed by atoms with Crippen molar-refractivity contribution < 1.29 is 19.1 Å². The van der Waals surface area contributed by atoms with E-state index in [0.717, 1.165) is 12.8 Å². The van der Waals surface area contributed by atoms with Gasteiger partial charge in [-0.05, 0) is 12.8 Å². The van der Waals surface area contributed by atoms with Crippen LogP contribution in [0.2, 0.25) is 0 Å². The van der Waals surface area contributed by atoms with Crippen molar-refractivity contribution in [2.24, 2.45) is 11.7 Å². The van der Waals surface area contributed by atoms with Crippen molar-refractivity contribution in [3.05, 3.63) is 18.2 Å². The van der Waals surface area contributed by atoms with Crippen LogP contribution in [0.1, 0.15) is 19.3 Å². The molecule has 1 aromatic carbocycles. The standard InChI is InChI=1S/C18H25N3O4.ClH/c1-24-15-8-14(9-16(10-15)25-2)21-11-12(7-17(21)22)18(23)20-5-3-13(19)4-6-20;/h8-10,12-13H,3-7,11,19H2,1-2H3;1H. The van der Waals surface area contributed by atoms with E-state index < -0.39 is 0 Å². The Morgan fingerprint density at radius 1 is 1.12 bits per heavy atom. The van der Waals surface area contributed by atoms with Gasteiger partial charge in [0.25, 0.3) is 0 Å². The van der Waals surface area contributed by atoms with Crippen LogP contribution >= 0.6 is 12.4 Å². The van der Waals surface area contributed by atoms with Gasteiger partial charge in [-0.2, -0.15) is 0 Å². The lowest BCUT2D eigenvalue weighted by atomic mass is 10.0. The minimum absolute atomic E-state index is 0. The minimum atomic E-state index is -0.306. The van der Waals surface area contributed by atoms with Crippen LogP contribution in [0.15, 0.2) is 18.2 Å². The summed E-state index contributed by atoms with van der Waals surface area (Å²) in [6.07, 6.45) is 1.88. The molecule has 1 aromatic rings. The van der Waals surface area contributed by atoms with Crippen molar-refractivity contribution in [3.8, 4) is 11.5 Å². The van der Waals surface area contributed by atoms with E-state index in [0.29, 0.717) is 36.8 Å². The maximum atomic E-state index is 12.7. The van der Waals surface area contributed by atoms with Crippen LogP contribution in [-0.4, -0.2) is 56.6 Å². The van der Waals surface area contributed by atoms with Crippen molar-refractivity contribution in [2.45, 2.75) is 25.3 Å². The molecule has 0 saturated carbocycles. The van der Waals surface area contributed by atoms with Gasteiger partial charge in [-0.1, -0.05) is 0 Å². The van der Waals surface area contributed by atoms with E-state index in [9.17, 15) is 9.59 Å². The Morgan fingerprint density at radius 2 is 1.69 bits per heavy atom. The van der Waals surface area contributed by atoms with E-state index in [1.165, 1.54) is 0 Å². The topological polar surface area (TPSA) is 85.1 Å². The number of nitrogens with zero attached hydrogens (tertiary/aromatic N) is 2. The Morgan fingerprint density at radius 3 is 2.23 bits per heavy atom. The molecule has 1 unspecified atom stereocenters. The van der Waals surface area contributed by atoms with Crippen molar-refractivity contribution in [3.63, 3.8) is 0 Å². The molecule has 0 aliphatic carbocycles. The number of nitrogens with two attached hydrogens (primary N) is 1. The number of amides is 2. The molecule has 26 heavy (non-hydrogen) atoms. The van der Waals surface area contributed by atoms with Crippen LogP contribution in [0.4, 0.5) is 5.69 Å². The molecular weight excluding hydrogens is 358 g/mol. The molecule has 0 spiro atoms. The molecule has 3 rings (SSSR count). The zero-order chi connectivity index (χ0) is 18.0. The third kappa shape index (κ3) is 4.22. The van der Waals surface area contributed by atoms with E-state index in [1.54, 1.807) is 37.3 Å². The maximum absolute atomic E-state index is 12.7. The quantitative estimate of drug-likeness (QED) is 0.850. The number of halogens is 1. The highest BCUT2D eigenvalue weighted by Gasteiger charge is 2.38. The molecule has 8 heteroatoms. The monoisotopic (exact) mass is 383 g/mol. The summed E-state index contributed by atoms with van der Waals surface area (Å²) in [5.74, 6) is 0.919. The SMILES string of the molecule is COc1cc(OC)cc(N2CC(C(=O)N3CCC(N)CC3)CC2=O)c1.Cl. The fourth-order valence-electron chi connectivity index (χ4n) is 3.45. The smallest absolute Gasteiger partial charge is 0.228 e. The van der Waals surface area contributed by atoms with Gasteiger partial charge in [0.2, 0.25) is 11.8 Å². The number of anilines is 1. The number of carbonyl (C=O) groups is 2. The van der Waals surface area contributed by atoms with Crippen LogP contribution in [0.3, 0.4) is 0 Å². The molecule has 2 amide bonds. The second kappa shape index (κ2) is 8.60. The number of benzene rings is 1. The lowest BCUT2D eigenvalue weighted by Crippen LogP contribution is -2.45. The Bertz CT molecular complexity index is 640. The van der Waals surface area contributed by atoms with Crippen molar-refractivity contribution in [1.29, 1.82) is 0 Å². The summed E-state index contributed by atoms with van der Waals surface area (Å²) in [6.45, 7) is 1.74. The fraction of sp³-hybridized carbons (Fsp3) is 0.556. The molecule has 7 nitrogen and oxygen atoms in total. The highest BCUT2D eigenvalue weighted by Crippen LogP contribution is 2.33. The first-order valence-corrected chi connectivity index (χ1v) is 8.59. The second-order valence-corrected chi connectivity index (χ2v) is 6.64. The number of piperidine rings is 1. The zero-order valence-corrected chi connectivity index (χ0v) is 16.0. The van der Waals surface area contributed by atoms with E-state index in [1.807, 2.05) is 4.90 Å². The molecule has 2 aliphatic rings. The molecule has 2 heterocycles. The number of likely N-dealkylation sites (tertiary alicyclic amines) is 1. The average Bonchev–Trinajstić information content (AvgIpc) is 3.03. The Hall–Kier alpha value is -1.99. The molecular formula is C18H26ClN3O4. The third-order valence-electron chi connectivity index (χ3n) is 4.97. The summed E-state index contributed by atoms with van der Waals surface area (Å²) >= 11 is 0. The Balaban J connectivity index is 0.00000243. The number of methoxy groups -OCH3 is 2. The van der Waals surface area contributed by atoms with Gasteiger partial charge in [0.15, 0.2) is 0 Å². The normalized spacial score (nSPS) is 20.7. The van der Waals surface area contributed by atoms with Crippen LogP contribution < -0.4 is 20.1 Å². The maximum Gasteiger partial charge on any atom is 0.228 e. The average molecular weight is 384 g/mol. The van der Waals surface area contributed by atoms with Gasteiger partial charge in [-0.15, -0.1) is 12.4 Å². The first-order valence-electron chi connectivity index (χ1n) is 8.59. The van der Waals surface area contributed by atoms with Gasteiger partial charge in [0.05, 0.1) is 25.8 Å². The van der Waals surface area contributed by atoms with Gasteiger partial charge in [0, 0.05) is 50.3 Å². The molecule has 2 aliphatic heterocycles. The van der Waals surface area contributed by atoms with Gasteiger partial charge >= 0.3 is 0 Å². The lowest BCUT2D eigenvalue weighted by molar-refractivity contribution is -0.136. The molecule has 0 radical (unpaired) electrons. The van der Waals surface area contributed by atoms with Crippen LogP contribution in [0.5, 0.6) is 11.5 Å². The summed E-state index contributed by atoms with van der Waals surface area (Å²) in [5, 5.41) is 0. The van der Waals surface area contributed by atoms with Crippen molar-refractivity contribution in [1.82, 2.24) is 4.90 Å². The number of hydrogen-bond acceptors (Lipinski definition) is 5. The first kappa shape index (κ1) is 20.3. The largest absolute Gasteiger partial charge is 0.497 e. The lowest BCUT2D eigenvalue weighted by Gasteiger charge is -2.31. The molecule has 0 bridgehead atoms. The summed E-state index contributed by atoms with van der Waals surface area (Å²) in [6, 6.07) is 5.50. The first-order chi connectivity index (χ1) is 12.0. The summed E-state index contributed by atoms with van der Waals surface area (Å²) in [5.41, 5.74) is 6.59. The van der Waals surface area contributed by atoms with Gasteiger partial charge in [0.1, 0.15) is 11.5 Å². The highest BCUT2D eigenvalue weighted by molar-refractivity contribution is 6.00. The van der Waals surface area contributed by atoms with Gasteiger partial charge in [-0.3, -0.25) is 9.59 Å². The van der Waals surface area contributed by atoms with E-state index >= 15 is 0 Å². The predicted octanol–water partition coefficient (Wildman–Crippen LogP) is 1.43. The zero-order valence-electron chi connectivity index (χ0n) is 15.1. The van der Waals surface area contributed by atoms with Crippen LogP contribution in [0.25, 0.3) is 0 Å². The predicted molar refractivity (Wildman–Crippen MR) is 101 cm³/mol. The van der Waals surface area contributed by atoms with Crippen molar-refractivity contribution >= 4 is 29.9 Å². The van der Waals surface area contributed by atoms with Gasteiger partial charge in [-0.25, -0.2) is 0 Å². The highest BCUT2D eigenvalue weighted by atomic mass is 35.5. The third-order valence-corrected chi connectivity index (χ3v) is 4.97. The van der Waals surface area contributed by atoms with Crippen molar-refractivity contribution in [2.75, 3.05) is 38.8 Å². The minimum Gasteiger partial charge on any atom is -0.497 e. The van der Waals surface area contributed by atoms with E-state index in [-0.39, 0.29) is 42.6 Å². The molecule has 144 valence electrons. The molecule has 2 fully saturated rings. The molecule has 0 aromatic heterocycles. The number of carbonyl (C=O) groups excluding carboxylic acids is 2. The number of hydrogen-bond donors (Lipinski definition) is 1. The molecule has 1 atom stereocenters. The molecule has 2 saturated heterocycles. The summed E-state index contributed by atoms with van der Waals surface area (Å²) < 4.78 is 10.5. The Labute approximate surface area is 159 Å². The van der Waals surface area contributed by atoms with Crippen LogP contribution in [0, 0.1) is 5.92 Å². The van der Waals surface area contributed by atoms with Gasteiger partial charge < -0.3 is 25.0 Å². The van der Waals surface area contributed by atoms with E-state index in [4.69, 9.17) is 15.2 Å². The fourth-order valence-corrected chi connectivity index (χ4v) is 3.45. The molecule has 2 N–H and O–H groups in total. The Kier molecular flexibility index (Phi) is 6.72. The van der Waals surface area contributed by atoms with Crippen LogP contribution in [-0.2, 0) is 9.59 Å². The number of ether oxygens (including phenoxy) is 2.